The summed E-state index contributed by atoms with van der Waals surface area (Å²) in [5.41, 5.74) is 2.52. The van der Waals surface area contributed by atoms with E-state index in [4.69, 9.17) is 0 Å². The summed E-state index contributed by atoms with van der Waals surface area (Å²) in [7, 11) is -1.06. The summed E-state index contributed by atoms with van der Waals surface area (Å²) in [4.78, 5) is 2.73. The first kappa shape index (κ1) is 25.2. The van der Waals surface area contributed by atoms with Gasteiger partial charge in [-0.1, -0.05) is 152 Å². The van der Waals surface area contributed by atoms with Gasteiger partial charge in [0.2, 0.25) is 0 Å². The second-order valence-electron chi connectivity index (χ2n) is 9.90. The summed E-state index contributed by atoms with van der Waals surface area (Å²) < 4.78 is 0. The molecule has 6 rings (SSSR count). The molecule has 0 N–H and O–H groups in total. The van der Waals surface area contributed by atoms with Gasteiger partial charge in [0, 0.05) is 31.0 Å². The third-order valence-corrected chi connectivity index (χ3v) is 13.4. The van der Waals surface area contributed by atoms with Crippen LogP contribution in [0.1, 0.15) is 5.56 Å². The van der Waals surface area contributed by atoms with Crippen LogP contribution >= 0.6 is 15.8 Å². The first-order valence-corrected chi connectivity index (χ1v) is 16.2. The average Bonchev–Trinajstić information content (AvgIpc) is 3.38. The van der Waals surface area contributed by atoms with Gasteiger partial charge in [0.1, 0.15) is 0 Å². The molecule has 5 aromatic carbocycles. The van der Waals surface area contributed by atoms with Gasteiger partial charge in [0.05, 0.1) is 0 Å². The maximum atomic E-state index is 2.73. The zero-order valence-corrected chi connectivity index (χ0v) is 23.3. The van der Waals surface area contributed by atoms with Crippen molar-refractivity contribution in [3.8, 4) is 0 Å². The van der Waals surface area contributed by atoms with Crippen molar-refractivity contribution in [3.05, 3.63) is 157 Å². The average molecular weight is 530 g/mol. The Hall–Kier alpha value is -3.08. The molecule has 0 radical (unpaired) electrons. The standard InChI is InChI=1S/C35H33NP2/c1-6-16-29(17-7-1)26-36-27-34(37(30-18-8-2-9-19-30)31-20-10-3-11-21-31)35(28-36)38(32-22-12-4-13-23-32)33-24-14-5-15-25-33/h1-25,34-35H,26-28H2/t34-,35-/m0/s1. The molecule has 0 unspecified atom stereocenters. The Morgan fingerprint density at radius 1 is 0.421 bits per heavy atom. The van der Waals surface area contributed by atoms with E-state index >= 15 is 0 Å². The highest BCUT2D eigenvalue weighted by Crippen LogP contribution is 2.54. The van der Waals surface area contributed by atoms with Crippen LogP contribution < -0.4 is 21.2 Å². The smallest absolute Gasteiger partial charge is 0.0234 e. The van der Waals surface area contributed by atoms with Crippen LogP contribution in [0.3, 0.4) is 0 Å². The molecular formula is C35H33NP2. The van der Waals surface area contributed by atoms with Crippen LogP contribution in [0.2, 0.25) is 0 Å². The minimum atomic E-state index is -0.531. The summed E-state index contributed by atoms with van der Waals surface area (Å²) in [6.07, 6.45) is 0. The van der Waals surface area contributed by atoms with E-state index in [2.05, 4.69) is 157 Å². The molecule has 1 heterocycles. The van der Waals surface area contributed by atoms with Gasteiger partial charge in [-0.15, -0.1) is 0 Å². The lowest BCUT2D eigenvalue weighted by atomic mass is 10.2. The van der Waals surface area contributed by atoms with Crippen LogP contribution in [0.4, 0.5) is 0 Å². The van der Waals surface area contributed by atoms with Gasteiger partial charge >= 0.3 is 0 Å². The van der Waals surface area contributed by atoms with Crippen molar-refractivity contribution >= 4 is 37.1 Å². The van der Waals surface area contributed by atoms with Crippen molar-refractivity contribution in [1.29, 1.82) is 0 Å². The zero-order chi connectivity index (χ0) is 25.6. The monoisotopic (exact) mass is 529 g/mol. The van der Waals surface area contributed by atoms with Crippen LogP contribution in [-0.2, 0) is 6.54 Å². The van der Waals surface area contributed by atoms with E-state index in [1.807, 2.05) is 0 Å². The third kappa shape index (κ3) is 5.67. The van der Waals surface area contributed by atoms with E-state index in [9.17, 15) is 0 Å². The SMILES string of the molecule is c1ccc(CN2C[C@H](P(c3ccccc3)c3ccccc3)[C@@H](P(c3ccccc3)c3ccccc3)C2)cc1. The molecule has 0 saturated carbocycles. The Balaban J connectivity index is 1.47. The van der Waals surface area contributed by atoms with Crippen LogP contribution in [-0.4, -0.2) is 29.3 Å². The van der Waals surface area contributed by atoms with Crippen LogP contribution in [0, 0.1) is 0 Å². The van der Waals surface area contributed by atoms with Gasteiger partial charge in [-0.3, -0.25) is 4.90 Å². The predicted molar refractivity (Wildman–Crippen MR) is 167 cm³/mol. The first-order chi connectivity index (χ1) is 18.9. The normalized spacial score (nSPS) is 17.7. The van der Waals surface area contributed by atoms with Crippen molar-refractivity contribution < 1.29 is 0 Å². The Labute approximate surface area is 229 Å². The molecule has 0 bridgehead atoms. The molecule has 0 aromatic heterocycles. The van der Waals surface area contributed by atoms with Crippen molar-refractivity contribution in [1.82, 2.24) is 4.90 Å². The lowest BCUT2D eigenvalue weighted by Gasteiger charge is -2.34. The summed E-state index contributed by atoms with van der Waals surface area (Å²) in [6.45, 7) is 3.24. The minimum absolute atomic E-state index is 0.531. The minimum Gasteiger partial charge on any atom is -0.298 e. The lowest BCUT2D eigenvalue weighted by Crippen LogP contribution is -2.34. The Bertz CT molecular complexity index is 1230. The first-order valence-electron chi connectivity index (χ1n) is 13.4. The fourth-order valence-corrected chi connectivity index (χ4v) is 12.3. The number of benzene rings is 5. The second kappa shape index (κ2) is 12.2. The molecule has 188 valence electrons. The largest absolute Gasteiger partial charge is 0.298 e. The maximum Gasteiger partial charge on any atom is 0.0234 e. The van der Waals surface area contributed by atoms with Gasteiger partial charge < -0.3 is 0 Å². The van der Waals surface area contributed by atoms with Crippen molar-refractivity contribution in [3.63, 3.8) is 0 Å². The van der Waals surface area contributed by atoms with Gasteiger partial charge in [-0.05, 0) is 42.6 Å². The number of likely N-dealkylation sites (tertiary alicyclic amines) is 1. The van der Waals surface area contributed by atoms with Crippen molar-refractivity contribution in [2.45, 2.75) is 17.9 Å². The molecule has 1 saturated heterocycles. The summed E-state index contributed by atoms with van der Waals surface area (Å²) in [6, 6.07) is 56.3. The quantitative estimate of drug-likeness (QED) is 0.207. The third-order valence-electron chi connectivity index (χ3n) is 7.38. The molecule has 1 fully saturated rings. The molecule has 1 aliphatic heterocycles. The molecule has 0 spiro atoms. The van der Waals surface area contributed by atoms with E-state index in [1.165, 1.54) is 26.8 Å². The molecule has 3 heteroatoms. The van der Waals surface area contributed by atoms with Gasteiger partial charge in [0.15, 0.2) is 0 Å². The summed E-state index contributed by atoms with van der Waals surface area (Å²) in [5.74, 6) is 0. The number of nitrogens with zero attached hydrogens (tertiary/aromatic N) is 1. The van der Waals surface area contributed by atoms with Crippen molar-refractivity contribution in [2.24, 2.45) is 0 Å². The highest BCUT2D eigenvalue weighted by atomic mass is 31.1. The van der Waals surface area contributed by atoms with Gasteiger partial charge in [0.25, 0.3) is 0 Å². The molecular weight excluding hydrogens is 496 g/mol. The number of rotatable bonds is 8. The lowest BCUT2D eigenvalue weighted by molar-refractivity contribution is 0.333. The van der Waals surface area contributed by atoms with Gasteiger partial charge in [-0.2, -0.15) is 0 Å². The number of hydrogen-bond acceptors (Lipinski definition) is 1. The van der Waals surface area contributed by atoms with Gasteiger partial charge in [-0.25, -0.2) is 0 Å². The molecule has 1 nitrogen and oxygen atoms in total. The van der Waals surface area contributed by atoms with E-state index in [0.29, 0.717) is 11.3 Å². The topological polar surface area (TPSA) is 3.24 Å². The molecule has 5 aromatic rings. The Morgan fingerprint density at radius 2 is 0.711 bits per heavy atom. The van der Waals surface area contributed by atoms with Crippen LogP contribution in [0.15, 0.2) is 152 Å². The summed E-state index contributed by atoms with van der Waals surface area (Å²) in [5, 5.41) is 5.95. The fourth-order valence-electron chi connectivity index (χ4n) is 5.74. The fraction of sp³-hybridized carbons (Fsp3) is 0.143. The van der Waals surface area contributed by atoms with E-state index in [0.717, 1.165) is 19.6 Å². The molecule has 1 aliphatic rings. The Morgan fingerprint density at radius 3 is 1.03 bits per heavy atom. The van der Waals surface area contributed by atoms with Crippen LogP contribution in [0.5, 0.6) is 0 Å². The molecule has 38 heavy (non-hydrogen) atoms. The predicted octanol–water partition coefficient (Wildman–Crippen LogP) is 6.51. The molecule has 0 aliphatic carbocycles. The Kier molecular flexibility index (Phi) is 8.09. The second-order valence-corrected chi connectivity index (χ2v) is 14.8. The summed E-state index contributed by atoms with van der Waals surface area (Å²) >= 11 is 0. The molecule has 2 atom stereocenters. The van der Waals surface area contributed by atoms with Crippen LogP contribution in [0.25, 0.3) is 0 Å². The highest BCUT2D eigenvalue weighted by molar-refractivity contribution is 7.77. The number of hydrogen-bond donors (Lipinski definition) is 0. The van der Waals surface area contributed by atoms with E-state index in [1.54, 1.807) is 0 Å². The van der Waals surface area contributed by atoms with Crippen molar-refractivity contribution in [2.75, 3.05) is 13.1 Å². The highest BCUT2D eigenvalue weighted by Gasteiger charge is 2.43. The maximum absolute atomic E-state index is 2.73. The van der Waals surface area contributed by atoms with E-state index < -0.39 is 15.8 Å². The van der Waals surface area contributed by atoms with E-state index in [-0.39, 0.29) is 0 Å². The molecule has 0 amide bonds. The zero-order valence-electron chi connectivity index (χ0n) is 21.6.